The first-order valence-electron chi connectivity index (χ1n) is 8.28. The summed E-state index contributed by atoms with van der Waals surface area (Å²) in [6, 6.07) is 20.4. The summed E-state index contributed by atoms with van der Waals surface area (Å²) in [6.07, 6.45) is 3.75. The maximum Gasteiger partial charge on any atom is 0.255 e. The third kappa shape index (κ3) is 3.28. The van der Waals surface area contributed by atoms with Gasteiger partial charge in [0.15, 0.2) is 5.75 Å². The largest absolute Gasteiger partial charge is 0.455 e. The summed E-state index contributed by atoms with van der Waals surface area (Å²) >= 11 is 0. The molecule has 0 fully saturated rings. The number of hydrogen-bond donors (Lipinski definition) is 1. The molecule has 4 rings (SSSR count). The van der Waals surface area contributed by atoms with E-state index in [-0.39, 0.29) is 5.91 Å². The lowest BCUT2D eigenvalue weighted by atomic mass is 10.2. The average molecular weight is 343 g/mol. The molecular weight excluding hydrogens is 326 g/mol. The van der Waals surface area contributed by atoms with Crippen LogP contribution < -0.4 is 10.1 Å². The van der Waals surface area contributed by atoms with Crippen LogP contribution in [0.4, 0.5) is 5.69 Å². The van der Waals surface area contributed by atoms with Gasteiger partial charge in [-0.25, -0.2) is 4.98 Å². The van der Waals surface area contributed by atoms with Crippen molar-refractivity contribution in [2.24, 2.45) is 0 Å². The van der Waals surface area contributed by atoms with Crippen molar-refractivity contribution in [1.82, 2.24) is 9.38 Å². The first kappa shape index (κ1) is 15.9. The minimum atomic E-state index is -0.211. The Bertz CT molecular complexity index is 1070. The van der Waals surface area contributed by atoms with Crippen molar-refractivity contribution in [1.29, 1.82) is 0 Å². The summed E-state index contributed by atoms with van der Waals surface area (Å²) in [7, 11) is 0. The molecule has 2 aromatic carbocycles. The van der Waals surface area contributed by atoms with Gasteiger partial charge in [0.25, 0.3) is 5.91 Å². The van der Waals surface area contributed by atoms with Gasteiger partial charge in [0.2, 0.25) is 0 Å². The van der Waals surface area contributed by atoms with E-state index in [2.05, 4.69) is 10.3 Å². The lowest BCUT2D eigenvalue weighted by Crippen LogP contribution is -2.12. The van der Waals surface area contributed by atoms with Crippen molar-refractivity contribution in [3.8, 4) is 11.5 Å². The second-order valence-corrected chi connectivity index (χ2v) is 5.93. The van der Waals surface area contributed by atoms with E-state index in [1.165, 1.54) is 0 Å². The third-order valence-corrected chi connectivity index (χ3v) is 3.95. The van der Waals surface area contributed by atoms with Crippen molar-refractivity contribution in [3.63, 3.8) is 0 Å². The summed E-state index contributed by atoms with van der Waals surface area (Å²) < 4.78 is 7.78. The number of rotatable bonds is 4. The highest BCUT2D eigenvalue weighted by Crippen LogP contribution is 2.29. The molecule has 0 aliphatic rings. The number of ether oxygens (including phenoxy) is 1. The number of pyridine rings is 1. The summed E-state index contributed by atoms with van der Waals surface area (Å²) in [4.78, 5) is 17.1. The number of carbonyl (C=O) groups is 1. The second kappa shape index (κ2) is 6.72. The number of aromatic nitrogens is 2. The van der Waals surface area contributed by atoms with E-state index in [9.17, 15) is 4.79 Å². The van der Waals surface area contributed by atoms with Crippen molar-refractivity contribution in [3.05, 3.63) is 90.4 Å². The summed E-state index contributed by atoms with van der Waals surface area (Å²) in [6.45, 7) is 1.92. The Morgan fingerprint density at radius 1 is 1.04 bits per heavy atom. The van der Waals surface area contributed by atoms with Gasteiger partial charge in [-0.05, 0) is 43.3 Å². The van der Waals surface area contributed by atoms with Gasteiger partial charge in [0.05, 0.1) is 11.4 Å². The molecule has 5 nitrogen and oxygen atoms in total. The zero-order valence-electron chi connectivity index (χ0n) is 14.2. The third-order valence-electron chi connectivity index (χ3n) is 3.95. The molecule has 1 N–H and O–H groups in total. The maximum atomic E-state index is 12.7. The van der Waals surface area contributed by atoms with Crippen molar-refractivity contribution in [2.75, 3.05) is 5.32 Å². The zero-order chi connectivity index (χ0) is 17.9. The van der Waals surface area contributed by atoms with E-state index < -0.39 is 0 Å². The zero-order valence-corrected chi connectivity index (χ0v) is 14.2. The van der Waals surface area contributed by atoms with Crippen LogP contribution in [-0.2, 0) is 0 Å². The number of nitrogens with zero attached hydrogens (tertiary/aromatic N) is 2. The Balaban J connectivity index is 1.59. The highest BCUT2D eigenvalue weighted by molar-refractivity contribution is 6.05. The van der Waals surface area contributed by atoms with Crippen LogP contribution in [0.1, 0.15) is 16.1 Å². The lowest BCUT2D eigenvalue weighted by Gasteiger charge is -2.12. The Kier molecular flexibility index (Phi) is 4.11. The van der Waals surface area contributed by atoms with Crippen molar-refractivity contribution in [2.45, 2.75) is 6.92 Å². The fraction of sp³-hybridized carbons (Fsp3) is 0.0476. The SMILES string of the molecule is Cc1cn2ccc(C(=O)Nc3ccccc3Oc3ccccc3)cc2n1. The Morgan fingerprint density at radius 2 is 1.81 bits per heavy atom. The summed E-state index contributed by atoms with van der Waals surface area (Å²) in [5, 5.41) is 2.92. The minimum absolute atomic E-state index is 0.211. The van der Waals surface area contributed by atoms with Gasteiger partial charge in [-0.2, -0.15) is 0 Å². The number of nitrogens with one attached hydrogen (secondary N) is 1. The van der Waals surface area contributed by atoms with Crippen molar-refractivity contribution >= 4 is 17.2 Å². The molecule has 0 bridgehead atoms. The molecule has 0 aliphatic carbocycles. The molecular formula is C21H17N3O2. The molecule has 0 unspecified atom stereocenters. The first-order chi connectivity index (χ1) is 12.7. The Morgan fingerprint density at radius 3 is 2.65 bits per heavy atom. The number of fused-ring (bicyclic) bond motifs is 1. The van der Waals surface area contributed by atoms with Crippen LogP contribution in [0.3, 0.4) is 0 Å². The molecule has 5 heteroatoms. The van der Waals surface area contributed by atoms with Gasteiger partial charge in [0, 0.05) is 18.0 Å². The number of carbonyl (C=O) groups excluding carboxylic acids is 1. The molecule has 0 aliphatic heterocycles. The smallest absolute Gasteiger partial charge is 0.255 e. The predicted molar refractivity (Wildman–Crippen MR) is 101 cm³/mol. The van der Waals surface area contributed by atoms with E-state index in [1.807, 2.05) is 78.3 Å². The fourth-order valence-electron chi connectivity index (χ4n) is 2.72. The van der Waals surface area contributed by atoms with Crippen LogP contribution in [0.25, 0.3) is 5.65 Å². The van der Waals surface area contributed by atoms with Crippen LogP contribution in [0, 0.1) is 6.92 Å². The second-order valence-electron chi connectivity index (χ2n) is 5.93. The maximum absolute atomic E-state index is 12.7. The van der Waals surface area contributed by atoms with Crippen LogP contribution in [0.2, 0.25) is 0 Å². The number of hydrogen-bond acceptors (Lipinski definition) is 3. The number of amides is 1. The van der Waals surface area contributed by atoms with E-state index in [0.717, 1.165) is 11.3 Å². The van der Waals surface area contributed by atoms with E-state index in [0.29, 0.717) is 22.7 Å². The Labute approximate surface area is 150 Å². The summed E-state index contributed by atoms with van der Waals surface area (Å²) in [5.41, 5.74) is 2.80. The first-order valence-corrected chi connectivity index (χ1v) is 8.28. The number of para-hydroxylation sites is 3. The Hall–Kier alpha value is -3.60. The fourth-order valence-corrected chi connectivity index (χ4v) is 2.72. The molecule has 2 aromatic heterocycles. The van der Waals surface area contributed by atoms with Gasteiger partial charge >= 0.3 is 0 Å². The summed E-state index contributed by atoms with van der Waals surface area (Å²) in [5.74, 6) is 1.09. The minimum Gasteiger partial charge on any atom is -0.455 e. The molecule has 1 amide bonds. The monoisotopic (exact) mass is 343 g/mol. The van der Waals surface area contributed by atoms with Gasteiger partial charge in [-0.1, -0.05) is 30.3 Å². The topological polar surface area (TPSA) is 55.6 Å². The standard InChI is InChI=1S/C21H17N3O2/c1-15-14-24-12-11-16(13-20(24)22-15)21(25)23-18-9-5-6-10-19(18)26-17-7-3-2-4-8-17/h2-14H,1H3,(H,23,25). The van der Waals surface area contributed by atoms with Gasteiger partial charge in [0.1, 0.15) is 11.4 Å². The molecule has 0 radical (unpaired) electrons. The van der Waals surface area contributed by atoms with Crippen LogP contribution in [-0.4, -0.2) is 15.3 Å². The van der Waals surface area contributed by atoms with E-state index in [1.54, 1.807) is 12.1 Å². The number of anilines is 1. The lowest BCUT2D eigenvalue weighted by molar-refractivity contribution is 0.102. The highest BCUT2D eigenvalue weighted by atomic mass is 16.5. The van der Waals surface area contributed by atoms with Crippen LogP contribution in [0.5, 0.6) is 11.5 Å². The van der Waals surface area contributed by atoms with Gasteiger partial charge in [-0.3, -0.25) is 4.79 Å². The molecule has 0 spiro atoms. The van der Waals surface area contributed by atoms with Crippen LogP contribution >= 0.6 is 0 Å². The number of aryl methyl sites for hydroxylation is 1. The highest BCUT2D eigenvalue weighted by Gasteiger charge is 2.11. The molecule has 128 valence electrons. The van der Waals surface area contributed by atoms with E-state index in [4.69, 9.17) is 4.74 Å². The normalized spacial score (nSPS) is 10.7. The number of benzene rings is 2. The molecule has 0 saturated carbocycles. The van der Waals surface area contributed by atoms with Crippen LogP contribution in [0.15, 0.2) is 79.1 Å². The molecule has 26 heavy (non-hydrogen) atoms. The number of imidazole rings is 1. The van der Waals surface area contributed by atoms with E-state index >= 15 is 0 Å². The molecule has 2 heterocycles. The van der Waals surface area contributed by atoms with Crippen molar-refractivity contribution < 1.29 is 9.53 Å². The van der Waals surface area contributed by atoms with Gasteiger partial charge in [-0.15, -0.1) is 0 Å². The van der Waals surface area contributed by atoms with Gasteiger partial charge < -0.3 is 14.5 Å². The molecule has 4 aromatic rings. The quantitative estimate of drug-likeness (QED) is 0.585. The molecule has 0 atom stereocenters. The predicted octanol–water partition coefficient (Wildman–Crippen LogP) is 4.69. The molecule has 0 saturated heterocycles. The average Bonchev–Trinajstić information content (AvgIpc) is 3.03.